The van der Waals surface area contributed by atoms with Gasteiger partial charge in [0, 0.05) is 14.8 Å². The fraction of sp³-hybridized carbons (Fsp3) is 0.333. The van der Waals surface area contributed by atoms with Crippen LogP contribution < -0.4 is 5.32 Å². The van der Waals surface area contributed by atoms with E-state index in [1.54, 1.807) is 11.3 Å². The highest BCUT2D eigenvalue weighted by Gasteiger charge is 2.32. The van der Waals surface area contributed by atoms with Gasteiger partial charge in [-0.3, -0.25) is 0 Å². The van der Waals surface area contributed by atoms with E-state index in [-0.39, 0.29) is 11.5 Å². The first-order valence-electron chi connectivity index (χ1n) is 6.14. The Hall–Kier alpha value is -0.160. The minimum atomic E-state index is 0.0275. The van der Waals surface area contributed by atoms with Crippen molar-refractivity contribution in [2.24, 2.45) is 0 Å². The molecule has 0 saturated heterocycles. The molecule has 1 heterocycles. The molecule has 0 saturated carbocycles. The van der Waals surface area contributed by atoms with Gasteiger partial charge in [0.25, 0.3) is 0 Å². The highest BCUT2D eigenvalue weighted by molar-refractivity contribution is 9.13. The van der Waals surface area contributed by atoms with Gasteiger partial charge in [-0.25, -0.2) is 0 Å². The minimum Gasteiger partial charge on any atom is -0.312 e. The lowest BCUT2D eigenvalue weighted by Crippen LogP contribution is -2.35. The van der Waals surface area contributed by atoms with Gasteiger partial charge in [-0.15, -0.1) is 11.3 Å². The zero-order chi connectivity index (χ0) is 14.0. The Kier molecular flexibility index (Phi) is 4.88. The molecule has 0 bridgehead atoms. The van der Waals surface area contributed by atoms with E-state index in [4.69, 9.17) is 0 Å². The molecule has 0 spiro atoms. The maximum Gasteiger partial charge on any atom is 0.0843 e. The van der Waals surface area contributed by atoms with Crippen LogP contribution in [0.4, 0.5) is 0 Å². The van der Waals surface area contributed by atoms with Gasteiger partial charge in [0.05, 0.1) is 9.83 Å². The highest BCUT2D eigenvalue weighted by Crippen LogP contribution is 2.43. The van der Waals surface area contributed by atoms with Gasteiger partial charge in [-0.2, -0.15) is 0 Å². The van der Waals surface area contributed by atoms with Crippen molar-refractivity contribution >= 4 is 43.2 Å². The molecular formula is C15H17Br2NS. The summed E-state index contributed by atoms with van der Waals surface area (Å²) in [6, 6.07) is 13.1. The maximum absolute atomic E-state index is 3.58. The summed E-state index contributed by atoms with van der Waals surface area (Å²) in [4.78, 5) is 1.33. The van der Waals surface area contributed by atoms with E-state index in [2.05, 4.69) is 87.4 Å². The molecule has 1 N–H and O–H groups in total. The molecule has 1 aromatic heterocycles. The molecule has 1 unspecified atom stereocenters. The molecule has 19 heavy (non-hydrogen) atoms. The number of hydrogen-bond acceptors (Lipinski definition) is 2. The van der Waals surface area contributed by atoms with E-state index in [9.17, 15) is 0 Å². The first kappa shape index (κ1) is 15.2. The van der Waals surface area contributed by atoms with Crippen LogP contribution in [0.3, 0.4) is 0 Å². The molecule has 2 rings (SSSR count). The minimum absolute atomic E-state index is 0.0275. The summed E-state index contributed by atoms with van der Waals surface area (Å²) in [5, 5.41) is 3.47. The quantitative estimate of drug-likeness (QED) is 0.710. The van der Waals surface area contributed by atoms with Crippen LogP contribution in [0.15, 0.2) is 44.7 Å². The SMILES string of the molecule is CNC(c1cc(Br)c(Br)s1)C(C)(C)c1ccccc1. The number of thiophene rings is 1. The number of hydrogen-bond donors (Lipinski definition) is 1. The van der Waals surface area contributed by atoms with Crippen molar-refractivity contribution in [3.8, 4) is 0 Å². The van der Waals surface area contributed by atoms with E-state index in [1.807, 2.05) is 7.05 Å². The molecule has 1 atom stereocenters. The summed E-state index contributed by atoms with van der Waals surface area (Å²) >= 11 is 8.93. The van der Waals surface area contributed by atoms with Crippen LogP contribution in [0.2, 0.25) is 0 Å². The second-order valence-corrected chi connectivity index (χ2v) is 8.34. The molecule has 0 amide bonds. The first-order chi connectivity index (χ1) is 8.96. The third-order valence-corrected chi connectivity index (χ3v) is 6.80. The Morgan fingerprint density at radius 1 is 1.16 bits per heavy atom. The van der Waals surface area contributed by atoms with Gasteiger partial charge < -0.3 is 5.32 Å². The van der Waals surface area contributed by atoms with Crippen LogP contribution in [0.1, 0.15) is 30.3 Å². The lowest BCUT2D eigenvalue weighted by Gasteiger charge is -2.34. The van der Waals surface area contributed by atoms with Gasteiger partial charge in [0.15, 0.2) is 0 Å². The summed E-state index contributed by atoms with van der Waals surface area (Å²) in [5.41, 5.74) is 1.37. The van der Waals surface area contributed by atoms with Crippen LogP contribution in [0.5, 0.6) is 0 Å². The molecule has 0 radical (unpaired) electrons. The normalized spacial score (nSPS) is 13.5. The van der Waals surface area contributed by atoms with Gasteiger partial charge in [0.1, 0.15) is 0 Å². The molecule has 0 fully saturated rings. The Bertz CT molecular complexity index is 529. The van der Waals surface area contributed by atoms with E-state index >= 15 is 0 Å². The third kappa shape index (κ3) is 3.13. The van der Waals surface area contributed by atoms with Crippen LogP contribution in [0.25, 0.3) is 0 Å². The van der Waals surface area contributed by atoms with Gasteiger partial charge in [-0.1, -0.05) is 44.2 Å². The fourth-order valence-electron chi connectivity index (χ4n) is 2.40. The van der Waals surface area contributed by atoms with E-state index < -0.39 is 0 Å². The second kappa shape index (κ2) is 6.08. The fourth-order valence-corrected chi connectivity index (χ4v) is 4.79. The topological polar surface area (TPSA) is 12.0 Å². The highest BCUT2D eigenvalue weighted by atomic mass is 79.9. The molecule has 1 aromatic carbocycles. The van der Waals surface area contributed by atoms with Crippen LogP contribution in [-0.2, 0) is 5.41 Å². The lowest BCUT2D eigenvalue weighted by molar-refractivity contribution is 0.373. The van der Waals surface area contributed by atoms with Crippen molar-refractivity contribution in [1.29, 1.82) is 0 Å². The summed E-state index contributed by atoms with van der Waals surface area (Å²) in [7, 11) is 2.02. The van der Waals surface area contributed by atoms with Crippen molar-refractivity contribution in [1.82, 2.24) is 5.32 Å². The van der Waals surface area contributed by atoms with Crippen molar-refractivity contribution in [2.45, 2.75) is 25.3 Å². The summed E-state index contributed by atoms with van der Waals surface area (Å²) < 4.78 is 2.27. The predicted octanol–water partition coefficient (Wildman–Crippen LogP) is 5.51. The van der Waals surface area contributed by atoms with E-state index in [1.165, 1.54) is 10.4 Å². The molecule has 102 valence electrons. The lowest BCUT2D eigenvalue weighted by atomic mass is 9.77. The third-order valence-electron chi connectivity index (χ3n) is 3.48. The second-order valence-electron chi connectivity index (χ2n) is 5.08. The van der Waals surface area contributed by atoms with Crippen molar-refractivity contribution in [2.75, 3.05) is 7.05 Å². The van der Waals surface area contributed by atoms with Gasteiger partial charge >= 0.3 is 0 Å². The maximum atomic E-state index is 3.58. The van der Waals surface area contributed by atoms with Gasteiger partial charge in [-0.05, 0) is 50.5 Å². The van der Waals surface area contributed by atoms with Crippen LogP contribution in [-0.4, -0.2) is 7.05 Å². The Morgan fingerprint density at radius 3 is 2.26 bits per heavy atom. The summed E-state index contributed by atoms with van der Waals surface area (Å²) in [6.07, 6.45) is 0. The predicted molar refractivity (Wildman–Crippen MR) is 91.0 cm³/mol. The zero-order valence-electron chi connectivity index (χ0n) is 11.2. The number of likely N-dealkylation sites (N-methyl/N-ethyl adjacent to an activating group) is 1. The summed E-state index contributed by atoms with van der Waals surface area (Å²) in [6.45, 7) is 4.57. The van der Waals surface area contributed by atoms with Gasteiger partial charge in [0.2, 0.25) is 0 Å². The van der Waals surface area contributed by atoms with Crippen LogP contribution in [0, 0.1) is 0 Å². The molecule has 0 aliphatic rings. The van der Waals surface area contributed by atoms with Crippen LogP contribution >= 0.6 is 43.2 Å². The summed E-state index contributed by atoms with van der Waals surface area (Å²) in [5.74, 6) is 0. The molecule has 0 aliphatic carbocycles. The average Bonchev–Trinajstić information content (AvgIpc) is 2.71. The molecule has 2 aromatic rings. The van der Waals surface area contributed by atoms with Crippen molar-refractivity contribution < 1.29 is 0 Å². The largest absolute Gasteiger partial charge is 0.312 e. The standard InChI is InChI=1S/C15H17Br2NS/c1-15(2,10-7-5-4-6-8-10)13(18-3)12-9-11(16)14(17)19-12/h4-9,13,18H,1-3H3. The Labute approximate surface area is 135 Å². The van der Waals surface area contributed by atoms with E-state index in [0.29, 0.717) is 0 Å². The van der Waals surface area contributed by atoms with Crippen molar-refractivity contribution in [3.63, 3.8) is 0 Å². The average molecular weight is 403 g/mol. The number of rotatable bonds is 4. The smallest absolute Gasteiger partial charge is 0.0843 e. The zero-order valence-corrected chi connectivity index (χ0v) is 15.2. The molecule has 4 heteroatoms. The first-order valence-corrected chi connectivity index (χ1v) is 8.54. The monoisotopic (exact) mass is 401 g/mol. The number of halogens is 2. The number of benzene rings is 1. The molecular weight excluding hydrogens is 386 g/mol. The molecule has 1 nitrogen and oxygen atoms in total. The molecule has 0 aliphatic heterocycles. The van der Waals surface area contributed by atoms with E-state index in [0.717, 1.165) is 8.26 Å². The Balaban J connectivity index is 2.41. The number of nitrogens with one attached hydrogen (secondary N) is 1. The Morgan fingerprint density at radius 2 is 1.79 bits per heavy atom. The van der Waals surface area contributed by atoms with Crippen molar-refractivity contribution in [3.05, 3.63) is 55.1 Å².